The molecule has 0 saturated heterocycles. The highest BCUT2D eigenvalue weighted by molar-refractivity contribution is 9.10. The molecule has 0 aliphatic heterocycles. The van der Waals surface area contributed by atoms with Crippen LogP contribution in [0.4, 0.5) is 0 Å². The van der Waals surface area contributed by atoms with Gasteiger partial charge in [-0.25, -0.2) is 0 Å². The number of hydrogen-bond acceptors (Lipinski definition) is 3. The van der Waals surface area contributed by atoms with Crippen molar-refractivity contribution >= 4 is 26.7 Å². The first-order chi connectivity index (χ1) is 9.52. The molecule has 0 spiro atoms. The molecule has 1 aromatic carbocycles. The second-order valence-electron chi connectivity index (χ2n) is 4.95. The predicted molar refractivity (Wildman–Crippen MR) is 89.8 cm³/mol. The highest BCUT2D eigenvalue weighted by atomic mass is 79.9. The fourth-order valence-corrected chi connectivity index (χ4v) is 2.86. The van der Waals surface area contributed by atoms with Gasteiger partial charge in [0, 0.05) is 45.4 Å². The van der Waals surface area contributed by atoms with Crippen LogP contribution >= 0.6 is 15.9 Å². The molecule has 0 fully saturated rings. The van der Waals surface area contributed by atoms with E-state index in [1.165, 1.54) is 0 Å². The van der Waals surface area contributed by atoms with Gasteiger partial charge in [0.2, 0.25) is 0 Å². The van der Waals surface area contributed by atoms with E-state index in [4.69, 9.17) is 4.74 Å². The van der Waals surface area contributed by atoms with Gasteiger partial charge in [0.25, 0.3) is 0 Å². The first-order valence-corrected chi connectivity index (χ1v) is 9.49. The predicted octanol–water partition coefficient (Wildman–Crippen LogP) is 3.48. The topological polar surface area (TPSA) is 38.3 Å². The molecule has 2 unspecified atom stereocenters. The molecule has 3 nitrogen and oxygen atoms in total. The summed E-state index contributed by atoms with van der Waals surface area (Å²) in [6, 6.07) is 6.43. The standard InChI is InChI=1S/C15H24BrNO2S/c1-4-8-19-15-6-5-14(16)10-13(15)11-17-12(2)7-9-20(3)18/h5-6,10,12,17H,4,7-9,11H2,1-3H3. The average Bonchev–Trinajstić information content (AvgIpc) is 2.41. The normalized spacial score (nSPS) is 14.0. The van der Waals surface area contributed by atoms with Gasteiger partial charge >= 0.3 is 0 Å². The maximum atomic E-state index is 11.1. The van der Waals surface area contributed by atoms with Crippen LogP contribution in [-0.2, 0) is 17.3 Å². The van der Waals surface area contributed by atoms with Crippen LogP contribution < -0.4 is 10.1 Å². The molecule has 1 N–H and O–H groups in total. The minimum Gasteiger partial charge on any atom is -0.493 e. The van der Waals surface area contributed by atoms with Crippen LogP contribution in [0, 0.1) is 0 Å². The maximum Gasteiger partial charge on any atom is 0.123 e. The van der Waals surface area contributed by atoms with Crippen LogP contribution in [0.15, 0.2) is 22.7 Å². The van der Waals surface area contributed by atoms with E-state index < -0.39 is 10.8 Å². The Balaban J connectivity index is 2.56. The molecule has 0 radical (unpaired) electrons. The summed E-state index contributed by atoms with van der Waals surface area (Å²) in [7, 11) is -0.719. The second kappa shape index (κ2) is 9.53. The van der Waals surface area contributed by atoms with Crippen molar-refractivity contribution in [1.29, 1.82) is 0 Å². The van der Waals surface area contributed by atoms with Crippen molar-refractivity contribution in [3.63, 3.8) is 0 Å². The fourth-order valence-electron chi connectivity index (χ4n) is 1.77. The minimum absolute atomic E-state index is 0.344. The van der Waals surface area contributed by atoms with E-state index >= 15 is 0 Å². The Labute approximate surface area is 133 Å². The van der Waals surface area contributed by atoms with E-state index in [0.717, 1.165) is 47.5 Å². The van der Waals surface area contributed by atoms with Crippen molar-refractivity contribution in [3.8, 4) is 5.75 Å². The van der Waals surface area contributed by atoms with Crippen molar-refractivity contribution in [2.24, 2.45) is 0 Å². The van der Waals surface area contributed by atoms with Gasteiger partial charge in [-0.1, -0.05) is 22.9 Å². The van der Waals surface area contributed by atoms with E-state index in [0.29, 0.717) is 6.04 Å². The Morgan fingerprint density at radius 1 is 1.45 bits per heavy atom. The lowest BCUT2D eigenvalue weighted by Crippen LogP contribution is -2.27. The van der Waals surface area contributed by atoms with Crippen molar-refractivity contribution in [2.75, 3.05) is 18.6 Å². The summed E-state index contributed by atoms with van der Waals surface area (Å²) in [5, 5.41) is 3.46. The lowest BCUT2D eigenvalue weighted by Gasteiger charge is -2.16. The molecule has 1 aromatic rings. The largest absolute Gasteiger partial charge is 0.493 e. The molecule has 0 aliphatic carbocycles. The summed E-state index contributed by atoms with van der Waals surface area (Å²) in [6.07, 6.45) is 3.67. The van der Waals surface area contributed by atoms with Crippen molar-refractivity contribution in [3.05, 3.63) is 28.2 Å². The molecule has 2 atom stereocenters. The Kier molecular flexibility index (Phi) is 8.41. The minimum atomic E-state index is -0.719. The summed E-state index contributed by atoms with van der Waals surface area (Å²) in [4.78, 5) is 0. The number of benzene rings is 1. The maximum absolute atomic E-state index is 11.1. The van der Waals surface area contributed by atoms with Crippen LogP contribution in [0.25, 0.3) is 0 Å². The van der Waals surface area contributed by atoms with E-state index in [9.17, 15) is 4.21 Å². The Hall–Kier alpha value is -0.390. The molecule has 0 amide bonds. The van der Waals surface area contributed by atoms with Gasteiger partial charge in [0.1, 0.15) is 5.75 Å². The first-order valence-electron chi connectivity index (χ1n) is 6.97. The number of ether oxygens (including phenoxy) is 1. The quantitative estimate of drug-likeness (QED) is 0.731. The Morgan fingerprint density at radius 3 is 2.85 bits per heavy atom. The fraction of sp³-hybridized carbons (Fsp3) is 0.600. The smallest absolute Gasteiger partial charge is 0.123 e. The highest BCUT2D eigenvalue weighted by Crippen LogP contribution is 2.23. The third-order valence-corrected chi connectivity index (χ3v) is 4.27. The van der Waals surface area contributed by atoms with Gasteiger partial charge in [-0.05, 0) is 38.0 Å². The second-order valence-corrected chi connectivity index (χ2v) is 7.42. The first kappa shape index (κ1) is 17.7. The summed E-state index contributed by atoms with van der Waals surface area (Å²) in [5.74, 6) is 1.68. The molecule has 5 heteroatoms. The average molecular weight is 362 g/mol. The molecule has 0 saturated carbocycles. The van der Waals surface area contributed by atoms with E-state index in [1.807, 2.05) is 12.1 Å². The van der Waals surface area contributed by atoms with Gasteiger partial charge in [-0.3, -0.25) is 4.21 Å². The van der Waals surface area contributed by atoms with Gasteiger partial charge in [-0.15, -0.1) is 0 Å². The number of halogens is 1. The lowest BCUT2D eigenvalue weighted by atomic mass is 10.1. The van der Waals surface area contributed by atoms with E-state index in [1.54, 1.807) is 6.26 Å². The zero-order chi connectivity index (χ0) is 15.0. The van der Waals surface area contributed by atoms with E-state index in [-0.39, 0.29) is 0 Å². The third kappa shape index (κ3) is 6.86. The Morgan fingerprint density at radius 2 is 2.20 bits per heavy atom. The van der Waals surface area contributed by atoms with Gasteiger partial charge in [0.05, 0.1) is 6.61 Å². The van der Waals surface area contributed by atoms with Crippen LogP contribution in [0.5, 0.6) is 5.75 Å². The van der Waals surface area contributed by atoms with Crippen molar-refractivity contribution in [2.45, 2.75) is 39.3 Å². The molecular weight excluding hydrogens is 338 g/mol. The lowest BCUT2D eigenvalue weighted by molar-refractivity contribution is 0.312. The van der Waals surface area contributed by atoms with Crippen molar-refractivity contribution < 1.29 is 8.95 Å². The van der Waals surface area contributed by atoms with Gasteiger partial charge < -0.3 is 10.1 Å². The molecule has 0 aliphatic rings. The SMILES string of the molecule is CCCOc1ccc(Br)cc1CNC(C)CCS(C)=O. The number of nitrogens with one attached hydrogen (secondary N) is 1. The monoisotopic (exact) mass is 361 g/mol. The summed E-state index contributed by atoms with van der Waals surface area (Å²) in [5.41, 5.74) is 1.15. The molecule has 114 valence electrons. The Bertz CT molecular complexity index is 440. The van der Waals surface area contributed by atoms with Crippen LogP contribution in [0.2, 0.25) is 0 Å². The molecule has 0 aromatic heterocycles. The molecular formula is C15H24BrNO2S. The van der Waals surface area contributed by atoms with Gasteiger partial charge in [-0.2, -0.15) is 0 Å². The summed E-state index contributed by atoms with van der Waals surface area (Å²) in [6.45, 7) is 5.72. The molecule has 20 heavy (non-hydrogen) atoms. The van der Waals surface area contributed by atoms with Gasteiger partial charge in [0.15, 0.2) is 0 Å². The van der Waals surface area contributed by atoms with Crippen LogP contribution in [0.3, 0.4) is 0 Å². The number of hydrogen-bond donors (Lipinski definition) is 1. The van der Waals surface area contributed by atoms with Crippen molar-refractivity contribution in [1.82, 2.24) is 5.32 Å². The highest BCUT2D eigenvalue weighted by Gasteiger charge is 2.07. The zero-order valence-corrected chi connectivity index (χ0v) is 14.9. The number of rotatable bonds is 9. The third-order valence-electron chi connectivity index (χ3n) is 2.96. The van der Waals surface area contributed by atoms with Crippen LogP contribution in [-0.4, -0.2) is 28.9 Å². The summed E-state index contributed by atoms with van der Waals surface area (Å²) >= 11 is 3.50. The molecule has 0 heterocycles. The van der Waals surface area contributed by atoms with E-state index in [2.05, 4.69) is 41.2 Å². The molecule has 0 bridgehead atoms. The summed E-state index contributed by atoms with van der Waals surface area (Å²) < 4.78 is 17.9. The van der Waals surface area contributed by atoms with Crippen LogP contribution in [0.1, 0.15) is 32.3 Å². The zero-order valence-electron chi connectivity index (χ0n) is 12.4. The molecule has 1 rings (SSSR count).